The maximum Gasteiger partial charge on any atom is 0.417 e. The fourth-order valence-corrected chi connectivity index (χ4v) is 1.86. The summed E-state index contributed by atoms with van der Waals surface area (Å²) in [6.45, 7) is 1.15. The van der Waals surface area contributed by atoms with E-state index in [1.54, 1.807) is 13.2 Å². The van der Waals surface area contributed by atoms with Crippen LogP contribution in [0.5, 0.6) is 5.88 Å². The molecule has 0 fully saturated rings. The van der Waals surface area contributed by atoms with Gasteiger partial charge >= 0.3 is 6.18 Å². The molecular weight excluding hydrogens is 462 g/mol. The van der Waals surface area contributed by atoms with Crippen LogP contribution in [0.4, 0.5) is 13.2 Å². The molecule has 26 heavy (non-hydrogen) atoms. The largest absolute Gasteiger partial charge is 0.476 e. The van der Waals surface area contributed by atoms with Crippen LogP contribution in [0.1, 0.15) is 11.3 Å². The average Bonchev–Trinajstić information content (AvgIpc) is 2.61. The van der Waals surface area contributed by atoms with Crippen LogP contribution in [0.3, 0.4) is 0 Å². The molecule has 0 aliphatic rings. The lowest BCUT2D eigenvalue weighted by Crippen LogP contribution is -2.39. The van der Waals surface area contributed by atoms with Gasteiger partial charge in [0.05, 0.1) is 24.3 Å². The van der Waals surface area contributed by atoms with Gasteiger partial charge in [0.15, 0.2) is 5.96 Å². The summed E-state index contributed by atoms with van der Waals surface area (Å²) in [6.07, 6.45) is -1.95. The molecule has 0 spiro atoms. The van der Waals surface area contributed by atoms with Gasteiger partial charge in [0.1, 0.15) is 6.61 Å². The van der Waals surface area contributed by atoms with E-state index in [2.05, 4.69) is 25.6 Å². The van der Waals surface area contributed by atoms with Gasteiger partial charge in [0.2, 0.25) is 5.88 Å². The third kappa shape index (κ3) is 7.42. The minimum Gasteiger partial charge on any atom is -0.476 e. The third-order valence-corrected chi connectivity index (χ3v) is 3.09. The first-order chi connectivity index (χ1) is 12.0. The normalized spacial score (nSPS) is 11.5. The predicted molar refractivity (Wildman–Crippen MR) is 103 cm³/mol. The van der Waals surface area contributed by atoms with Gasteiger partial charge < -0.3 is 15.4 Å². The van der Waals surface area contributed by atoms with Crippen LogP contribution in [0, 0.1) is 0 Å². The van der Waals surface area contributed by atoms with Gasteiger partial charge in [0.25, 0.3) is 0 Å². The molecule has 2 N–H and O–H groups in total. The van der Waals surface area contributed by atoms with Crippen molar-refractivity contribution in [2.45, 2.75) is 12.7 Å². The maximum absolute atomic E-state index is 12.4. The summed E-state index contributed by atoms with van der Waals surface area (Å²) >= 11 is 0. The Labute approximate surface area is 166 Å². The number of hydrogen-bond donors (Lipinski definition) is 2. The minimum absolute atomic E-state index is 0. The van der Waals surface area contributed by atoms with Gasteiger partial charge in [0, 0.05) is 25.5 Å². The van der Waals surface area contributed by atoms with E-state index < -0.39 is 11.7 Å². The summed E-state index contributed by atoms with van der Waals surface area (Å²) in [4.78, 5) is 11.9. The molecule has 0 atom stereocenters. The molecule has 2 aromatic rings. The first kappa shape index (κ1) is 21.9. The highest BCUT2D eigenvalue weighted by molar-refractivity contribution is 14.0. The Morgan fingerprint density at radius 2 is 1.96 bits per heavy atom. The SMILES string of the molecule is CN=C(NCCOc1ccc(C(F)(F)F)cn1)NCc1ccccn1.I. The zero-order valence-corrected chi connectivity index (χ0v) is 16.3. The number of nitrogens with one attached hydrogen (secondary N) is 2. The average molecular weight is 481 g/mol. The van der Waals surface area contributed by atoms with E-state index in [1.165, 1.54) is 6.07 Å². The summed E-state index contributed by atoms with van der Waals surface area (Å²) in [5.41, 5.74) is 0.0627. The Balaban J connectivity index is 0.00000338. The lowest BCUT2D eigenvalue weighted by atomic mass is 10.3. The van der Waals surface area contributed by atoms with E-state index >= 15 is 0 Å². The second-order valence-electron chi connectivity index (χ2n) is 4.90. The first-order valence-corrected chi connectivity index (χ1v) is 7.49. The molecule has 0 bridgehead atoms. The van der Waals surface area contributed by atoms with Crippen molar-refractivity contribution >= 4 is 29.9 Å². The summed E-state index contributed by atoms with van der Waals surface area (Å²) < 4.78 is 42.6. The predicted octanol–water partition coefficient (Wildman–Crippen LogP) is 2.86. The van der Waals surface area contributed by atoms with Gasteiger partial charge in [-0.05, 0) is 18.2 Å². The molecule has 0 aromatic carbocycles. The Kier molecular flexibility index (Phi) is 9.10. The molecule has 6 nitrogen and oxygen atoms in total. The molecule has 0 aliphatic heterocycles. The van der Waals surface area contributed by atoms with Crippen molar-refractivity contribution in [3.05, 3.63) is 54.0 Å². The Morgan fingerprint density at radius 1 is 1.15 bits per heavy atom. The fourth-order valence-electron chi connectivity index (χ4n) is 1.86. The number of halogens is 4. The molecule has 0 radical (unpaired) electrons. The van der Waals surface area contributed by atoms with Crippen LogP contribution < -0.4 is 15.4 Å². The first-order valence-electron chi connectivity index (χ1n) is 7.49. The highest BCUT2D eigenvalue weighted by Crippen LogP contribution is 2.29. The van der Waals surface area contributed by atoms with Crippen molar-refractivity contribution in [2.24, 2.45) is 4.99 Å². The number of aromatic nitrogens is 2. The number of nitrogens with zero attached hydrogens (tertiary/aromatic N) is 3. The molecule has 0 aliphatic carbocycles. The van der Waals surface area contributed by atoms with E-state index in [0.29, 0.717) is 19.0 Å². The van der Waals surface area contributed by atoms with E-state index in [9.17, 15) is 13.2 Å². The summed E-state index contributed by atoms with van der Waals surface area (Å²) in [7, 11) is 1.63. The van der Waals surface area contributed by atoms with E-state index in [-0.39, 0.29) is 36.5 Å². The molecule has 0 unspecified atom stereocenters. The van der Waals surface area contributed by atoms with Gasteiger partial charge in [-0.3, -0.25) is 9.98 Å². The van der Waals surface area contributed by atoms with Crippen LogP contribution in [0.2, 0.25) is 0 Å². The Morgan fingerprint density at radius 3 is 2.54 bits per heavy atom. The minimum atomic E-state index is -4.40. The standard InChI is InChI=1S/C16H18F3N5O.HI/c1-20-15(24-11-13-4-2-3-7-21-13)22-8-9-25-14-6-5-12(10-23-14)16(17,18)19;/h2-7,10H,8-9,11H2,1H3,(H2,20,22,24);1H. The van der Waals surface area contributed by atoms with Gasteiger partial charge in [-0.1, -0.05) is 6.07 Å². The number of alkyl halides is 3. The van der Waals surface area contributed by atoms with Crippen LogP contribution in [0.15, 0.2) is 47.7 Å². The molecule has 2 heterocycles. The zero-order chi connectivity index (χ0) is 18.1. The number of guanidine groups is 1. The van der Waals surface area contributed by atoms with Crippen molar-refractivity contribution in [2.75, 3.05) is 20.2 Å². The second-order valence-corrected chi connectivity index (χ2v) is 4.90. The van der Waals surface area contributed by atoms with Crippen molar-refractivity contribution in [3.8, 4) is 5.88 Å². The van der Waals surface area contributed by atoms with Gasteiger partial charge in [-0.15, -0.1) is 24.0 Å². The van der Waals surface area contributed by atoms with Gasteiger partial charge in [-0.2, -0.15) is 13.2 Å². The zero-order valence-electron chi connectivity index (χ0n) is 14.0. The molecular formula is C16H19F3IN5O. The lowest BCUT2D eigenvalue weighted by molar-refractivity contribution is -0.137. The highest BCUT2D eigenvalue weighted by atomic mass is 127. The summed E-state index contributed by atoms with van der Waals surface area (Å²) in [6, 6.07) is 7.74. The molecule has 10 heteroatoms. The second kappa shape index (κ2) is 10.8. The molecule has 0 amide bonds. The lowest BCUT2D eigenvalue weighted by Gasteiger charge is -2.12. The topological polar surface area (TPSA) is 71.4 Å². The smallest absolute Gasteiger partial charge is 0.417 e. The maximum atomic E-state index is 12.4. The van der Waals surface area contributed by atoms with E-state index in [4.69, 9.17) is 4.74 Å². The monoisotopic (exact) mass is 481 g/mol. The number of pyridine rings is 2. The van der Waals surface area contributed by atoms with Crippen LogP contribution >= 0.6 is 24.0 Å². The van der Waals surface area contributed by atoms with E-state index in [1.807, 2.05) is 18.2 Å². The quantitative estimate of drug-likeness (QED) is 0.288. The van der Waals surface area contributed by atoms with Crippen LogP contribution in [-0.2, 0) is 12.7 Å². The van der Waals surface area contributed by atoms with Crippen molar-refractivity contribution in [3.63, 3.8) is 0 Å². The van der Waals surface area contributed by atoms with Crippen LogP contribution in [-0.4, -0.2) is 36.1 Å². The summed E-state index contributed by atoms with van der Waals surface area (Å²) in [5, 5.41) is 6.11. The molecule has 0 saturated heterocycles. The number of aliphatic imine (C=N–C) groups is 1. The van der Waals surface area contributed by atoms with Crippen LogP contribution in [0.25, 0.3) is 0 Å². The van der Waals surface area contributed by atoms with Crippen molar-refractivity contribution in [1.82, 2.24) is 20.6 Å². The number of ether oxygens (including phenoxy) is 1. The molecule has 2 rings (SSSR count). The number of rotatable bonds is 6. The molecule has 142 valence electrons. The van der Waals surface area contributed by atoms with Gasteiger partial charge in [-0.25, -0.2) is 4.98 Å². The third-order valence-electron chi connectivity index (χ3n) is 3.09. The summed E-state index contributed by atoms with van der Waals surface area (Å²) in [5.74, 6) is 0.695. The molecule has 2 aromatic heterocycles. The van der Waals surface area contributed by atoms with E-state index in [0.717, 1.165) is 18.0 Å². The Hall–Kier alpha value is -2.11. The highest BCUT2D eigenvalue weighted by Gasteiger charge is 2.30. The fraction of sp³-hybridized carbons (Fsp3) is 0.312. The Bertz CT molecular complexity index is 681. The van der Waals surface area contributed by atoms with Crippen molar-refractivity contribution in [1.29, 1.82) is 0 Å². The number of hydrogen-bond acceptors (Lipinski definition) is 4. The molecule has 0 saturated carbocycles. The van der Waals surface area contributed by atoms with Crippen molar-refractivity contribution < 1.29 is 17.9 Å².